The molecule has 2 rings (SSSR count). The van der Waals surface area contributed by atoms with Gasteiger partial charge in [0, 0.05) is 30.0 Å². The predicted molar refractivity (Wildman–Crippen MR) is 85.5 cm³/mol. The second kappa shape index (κ2) is 6.70. The Balaban J connectivity index is 2.37. The van der Waals surface area contributed by atoms with Crippen LogP contribution < -0.4 is 5.32 Å². The zero-order chi connectivity index (χ0) is 18.7. The zero-order valence-electron chi connectivity index (χ0n) is 12.7. The Bertz CT molecular complexity index is 858. The van der Waals surface area contributed by atoms with Crippen LogP contribution in [0, 0.1) is 37.3 Å². The summed E-state index contributed by atoms with van der Waals surface area (Å²) in [6.45, 7) is 1.22. The van der Waals surface area contributed by atoms with Crippen molar-refractivity contribution in [1.82, 2.24) is 0 Å². The van der Waals surface area contributed by atoms with Gasteiger partial charge in [-0.15, -0.1) is 0 Å². The van der Waals surface area contributed by atoms with E-state index in [1.165, 1.54) is 19.1 Å². The summed E-state index contributed by atoms with van der Waals surface area (Å²) in [5.41, 5.74) is -1.53. The van der Waals surface area contributed by atoms with Crippen molar-refractivity contribution in [3.63, 3.8) is 0 Å². The third kappa shape index (κ3) is 3.72. The molecule has 0 aliphatic heterocycles. The lowest BCUT2D eigenvalue weighted by molar-refractivity contribution is -0.395. The second-order valence-electron chi connectivity index (χ2n) is 4.91. The number of nitro benzene ring substituents is 3. The van der Waals surface area contributed by atoms with Crippen LogP contribution >= 0.6 is 0 Å². The van der Waals surface area contributed by atoms with Crippen molar-refractivity contribution in [3.8, 4) is 0 Å². The van der Waals surface area contributed by atoms with Crippen LogP contribution in [0.5, 0.6) is 0 Å². The third-order valence-corrected chi connectivity index (χ3v) is 3.34. The highest BCUT2D eigenvalue weighted by molar-refractivity contribution is 6.05. The normalized spacial score (nSPS) is 10.1. The number of rotatable bonds is 5. The number of anilines is 1. The summed E-state index contributed by atoms with van der Waals surface area (Å²) in [5, 5.41) is 35.0. The maximum Gasteiger partial charge on any atom is 0.279 e. The van der Waals surface area contributed by atoms with E-state index >= 15 is 0 Å². The van der Waals surface area contributed by atoms with E-state index in [9.17, 15) is 35.1 Å². The smallest absolute Gasteiger partial charge is 0.279 e. The Kier molecular flexibility index (Phi) is 4.68. The molecule has 25 heavy (non-hydrogen) atoms. The van der Waals surface area contributed by atoms with Gasteiger partial charge in [-0.1, -0.05) is 0 Å². The predicted octanol–water partition coefficient (Wildman–Crippen LogP) is 2.97. The molecule has 0 saturated heterocycles. The van der Waals surface area contributed by atoms with Crippen LogP contribution in [0.25, 0.3) is 0 Å². The first-order valence-corrected chi connectivity index (χ1v) is 6.70. The van der Waals surface area contributed by atoms with Crippen molar-refractivity contribution in [2.24, 2.45) is 0 Å². The van der Waals surface area contributed by atoms with Crippen molar-refractivity contribution in [3.05, 3.63) is 77.9 Å². The standard InChI is InChI=1S/C14H10N4O7/c1-8-12(17(22)23)6-9(7-13(8)18(24)25)14(19)15-10-2-4-11(5-3-10)16(20)21/h2-7H,1H3,(H,15,19). The van der Waals surface area contributed by atoms with E-state index in [-0.39, 0.29) is 22.5 Å². The summed E-state index contributed by atoms with van der Waals surface area (Å²) in [7, 11) is 0. The molecule has 2 aromatic rings. The number of amides is 1. The third-order valence-electron chi connectivity index (χ3n) is 3.34. The van der Waals surface area contributed by atoms with Gasteiger partial charge >= 0.3 is 0 Å². The zero-order valence-corrected chi connectivity index (χ0v) is 12.7. The number of benzene rings is 2. The van der Waals surface area contributed by atoms with E-state index in [2.05, 4.69) is 5.32 Å². The summed E-state index contributed by atoms with van der Waals surface area (Å²) in [6.07, 6.45) is 0. The lowest BCUT2D eigenvalue weighted by atomic mass is 10.1. The molecule has 0 bridgehead atoms. The molecule has 0 saturated carbocycles. The summed E-state index contributed by atoms with van der Waals surface area (Å²) in [4.78, 5) is 42.6. The number of hydrogen-bond donors (Lipinski definition) is 1. The summed E-state index contributed by atoms with van der Waals surface area (Å²) in [5.74, 6) is -0.819. The average Bonchev–Trinajstić information content (AvgIpc) is 2.54. The van der Waals surface area contributed by atoms with Crippen LogP contribution in [0.3, 0.4) is 0 Å². The molecule has 1 N–H and O–H groups in total. The van der Waals surface area contributed by atoms with Crippen LogP contribution in [-0.4, -0.2) is 20.7 Å². The summed E-state index contributed by atoms with van der Waals surface area (Å²) >= 11 is 0. The quantitative estimate of drug-likeness (QED) is 0.643. The maximum absolute atomic E-state index is 12.2. The molecule has 2 aromatic carbocycles. The van der Waals surface area contributed by atoms with Gasteiger partial charge in [-0.25, -0.2) is 0 Å². The lowest BCUT2D eigenvalue weighted by Crippen LogP contribution is -2.13. The summed E-state index contributed by atoms with van der Waals surface area (Å²) < 4.78 is 0. The number of carbonyl (C=O) groups is 1. The Morgan fingerprint density at radius 1 is 0.880 bits per heavy atom. The van der Waals surface area contributed by atoms with Crippen LogP contribution in [0.2, 0.25) is 0 Å². The molecule has 0 unspecified atom stereocenters. The summed E-state index contributed by atoms with van der Waals surface area (Å²) in [6, 6.07) is 6.73. The Hall–Kier alpha value is -3.89. The molecule has 0 spiro atoms. The van der Waals surface area contributed by atoms with Crippen LogP contribution in [0.15, 0.2) is 36.4 Å². The topological polar surface area (TPSA) is 159 Å². The fourth-order valence-electron chi connectivity index (χ4n) is 2.06. The van der Waals surface area contributed by atoms with Gasteiger partial charge in [0.15, 0.2) is 0 Å². The van der Waals surface area contributed by atoms with E-state index in [1.807, 2.05) is 0 Å². The number of nitrogens with zero attached hydrogens (tertiary/aromatic N) is 3. The molecule has 11 nitrogen and oxygen atoms in total. The molecule has 0 atom stereocenters. The molecule has 0 heterocycles. The van der Waals surface area contributed by atoms with E-state index < -0.39 is 32.1 Å². The number of hydrogen-bond acceptors (Lipinski definition) is 7. The monoisotopic (exact) mass is 346 g/mol. The minimum absolute atomic E-state index is 0.165. The minimum Gasteiger partial charge on any atom is -0.322 e. The van der Waals surface area contributed by atoms with Gasteiger partial charge in [0.2, 0.25) is 0 Å². The number of non-ortho nitro benzene ring substituents is 1. The molecule has 0 radical (unpaired) electrons. The molecular weight excluding hydrogens is 336 g/mol. The molecule has 11 heteroatoms. The van der Waals surface area contributed by atoms with Gasteiger partial charge in [-0.2, -0.15) is 0 Å². The first-order valence-electron chi connectivity index (χ1n) is 6.70. The molecule has 0 aliphatic carbocycles. The highest BCUT2D eigenvalue weighted by Crippen LogP contribution is 2.29. The number of carbonyl (C=O) groups excluding carboxylic acids is 1. The van der Waals surface area contributed by atoms with Gasteiger partial charge < -0.3 is 5.32 Å². The fourth-order valence-corrected chi connectivity index (χ4v) is 2.06. The highest BCUT2D eigenvalue weighted by Gasteiger charge is 2.25. The van der Waals surface area contributed by atoms with Gasteiger partial charge in [0.1, 0.15) is 5.56 Å². The van der Waals surface area contributed by atoms with E-state index in [1.54, 1.807) is 0 Å². The largest absolute Gasteiger partial charge is 0.322 e. The number of nitrogens with one attached hydrogen (secondary N) is 1. The van der Waals surface area contributed by atoms with Crippen molar-refractivity contribution in [2.75, 3.05) is 5.32 Å². The van der Waals surface area contributed by atoms with Crippen LogP contribution in [0.4, 0.5) is 22.7 Å². The molecule has 0 fully saturated rings. The highest BCUT2D eigenvalue weighted by atomic mass is 16.6. The van der Waals surface area contributed by atoms with Gasteiger partial charge in [0.05, 0.1) is 20.3 Å². The van der Waals surface area contributed by atoms with E-state index in [4.69, 9.17) is 0 Å². The lowest BCUT2D eigenvalue weighted by Gasteiger charge is -2.06. The van der Waals surface area contributed by atoms with Crippen molar-refractivity contribution in [2.45, 2.75) is 6.92 Å². The Morgan fingerprint density at radius 2 is 1.36 bits per heavy atom. The average molecular weight is 346 g/mol. The second-order valence-corrected chi connectivity index (χ2v) is 4.91. The fraction of sp³-hybridized carbons (Fsp3) is 0.0714. The Morgan fingerprint density at radius 3 is 1.76 bits per heavy atom. The molecular formula is C14H10N4O7. The van der Waals surface area contributed by atoms with Crippen molar-refractivity contribution >= 4 is 28.7 Å². The SMILES string of the molecule is Cc1c([N+](=O)[O-])cc(C(=O)Nc2ccc([N+](=O)[O-])cc2)cc1[N+](=O)[O-]. The van der Waals surface area contributed by atoms with Gasteiger partial charge in [-0.05, 0) is 19.1 Å². The van der Waals surface area contributed by atoms with Crippen LogP contribution in [-0.2, 0) is 0 Å². The van der Waals surface area contributed by atoms with E-state index in [0.717, 1.165) is 24.3 Å². The van der Waals surface area contributed by atoms with E-state index in [0.29, 0.717) is 0 Å². The van der Waals surface area contributed by atoms with Crippen LogP contribution in [0.1, 0.15) is 15.9 Å². The molecule has 1 amide bonds. The van der Waals surface area contributed by atoms with Crippen molar-refractivity contribution in [1.29, 1.82) is 0 Å². The Labute approximate surface area is 139 Å². The maximum atomic E-state index is 12.2. The van der Waals surface area contributed by atoms with Crippen molar-refractivity contribution < 1.29 is 19.6 Å². The molecule has 0 aliphatic rings. The first-order chi connectivity index (χ1) is 11.7. The molecule has 0 aromatic heterocycles. The number of nitro groups is 3. The van der Waals surface area contributed by atoms with Gasteiger partial charge in [0.25, 0.3) is 23.0 Å². The minimum atomic E-state index is -0.819. The first kappa shape index (κ1) is 17.5. The molecule has 128 valence electrons. The van der Waals surface area contributed by atoms with Gasteiger partial charge in [-0.3, -0.25) is 35.1 Å².